The lowest BCUT2D eigenvalue weighted by Gasteiger charge is -2.11. The molecule has 0 unspecified atom stereocenters. The van der Waals surface area contributed by atoms with Crippen LogP contribution in [0.2, 0.25) is 0 Å². The van der Waals surface area contributed by atoms with E-state index in [4.69, 9.17) is 16.6 Å². The zero-order valence-corrected chi connectivity index (χ0v) is 14.0. The Morgan fingerprint density at radius 3 is 2.83 bits per heavy atom. The molecule has 24 heavy (non-hydrogen) atoms. The lowest BCUT2D eigenvalue weighted by Crippen LogP contribution is -2.27. The zero-order valence-electron chi connectivity index (χ0n) is 12.4. The summed E-state index contributed by atoms with van der Waals surface area (Å²) in [5.41, 5.74) is 2.24. The van der Waals surface area contributed by atoms with Gasteiger partial charge in [-0.2, -0.15) is 0 Å². The summed E-state index contributed by atoms with van der Waals surface area (Å²) in [5.74, 6) is 0.550. The number of fused-ring (bicyclic) bond motifs is 1. The number of thioether (sulfide) groups is 1. The van der Waals surface area contributed by atoms with Gasteiger partial charge in [0.25, 0.3) is 5.91 Å². The summed E-state index contributed by atoms with van der Waals surface area (Å²) in [6, 6.07) is 11.2. The molecule has 5 nitrogen and oxygen atoms in total. The molecule has 0 aliphatic carbocycles. The minimum Gasteiger partial charge on any atom is -0.467 e. The molecule has 0 radical (unpaired) electrons. The van der Waals surface area contributed by atoms with Crippen LogP contribution in [0.1, 0.15) is 11.5 Å². The van der Waals surface area contributed by atoms with Crippen LogP contribution in [0, 0.1) is 0 Å². The van der Waals surface area contributed by atoms with E-state index >= 15 is 0 Å². The van der Waals surface area contributed by atoms with Crippen molar-refractivity contribution in [1.29, 1.82) is 0 Å². The highest BCUT2D eigenvalue weighted by Gasteiger charge is 2.32. The second-order valence-electron chi connectivity index (χ2n) is 5.13. The smallest absolute Gasteiger partial charge is 0.266 e. The van der Waals surface area contributed by atoms with Crippen molar-refractivity contribution in [2.24, 2.45) is 0 Å². The van der Waals surface area contributed by atoms with Crippen LogP contribution in [0.5, 0.6) is 0 Å². The molecule has 1 aliphatic rings. The van der Waals surface area contributed by atoms with Gasteiger partial charge in [-0.05, 0) is 30.3 Å². The van der Waals surface area contributed by atoms with E-state index in [2.05, 4.69) is 9.97 Å². The van der Waals surface area contributed by atoms with Gasteiger partial charge in [0.2, 0.25) is 0 Å². The van der Waals surface area contributed by atoms with Crippen molar-refractivity contribution in [3.05, 3.63) is 65.2 Å². The second kappa shape index (κ2) is 6.18. The highest BCUT2D eigenvalue weighted by Crippen LogP contribution is 2.33. The quantitative estimate of drug-likeness (QED) is 0.529. The Bertz CT molecular complexity index is 967. The molecule has 1 amide bonds. The first-order valence-corrected chi connectivity index (χ1v) is 8.43. The number of benzene rings is 1. The summed E-state index contributed by atoms with van der Waals surface area (Å²) < 4.78 is 5.80. The second-order valence-corrected chi connectivity index (χ2v) is 6.81. The minimum absolute atomic E-state index is 0.142. The van der Waals surface area contributed by atoms with Gasteiger partial charge in [-0.25, -0.2) is 4.98 Å². The van der Waals surface area contributed by atoms with Crippen LogP contribution in [0.15, 0.2) is 58.2 Å². The predicted molar refractivity (Wildman–Crippen MR) is 97.0 cm³/mol. The van der Waals surface area contributed by atoms with Crippen LogP contribution < -0.4 is 0 Å². The number of carbonyl (C=O) groups excluding carboxylic acids is 1. The van der Waals surface area contributed by atoms with E-state index in [-0.39, 0.29) is 5.91 Å². The molecule has 118 valence electrons. The van der Waals surface area contributed by atoms with Gasteiger partial charge in [-0.15, -0.1) is 0 Å². The van der Waals surface area contributed by atoms with Gasteiger partial charge in [0, 0.05) is 0 Å². The van der Waals surface area contributed by atoms with Gasteiger partial charge in [-0.3, -0.25) is 14.7 Å². The summed E-state index contributed by atoms with van der Waals surface area (Å²) in [7, 11) is 0. The lowest BCUT2D eigenvalue weighted by molar-refractivity contribution is -0.122. The molecule has 2 aromatic heterocycles. The number of para-hydroxylation sites is 2. The number of carbonyl (C=O) groups is 1. The summed E-state index contributed by atoms with van der Waals surface area (Å²) >= 11 is 6.57. The van der Waals surface area contributed by atoms with E-state index in [1.165, 1.54) is 16.7 Å². The van der Waals surface area contributed by atoms with Crippen LogP contribution in [0.3, 0.4) is 0 Å². The van der Waals surface area contributed by atoms with Crippen LogP contribution in [-0.4, -0.2) is 25.1 Å². The van der Waals surface area contributed by atoms with Gasteiger partial charge in [0.1, 0.15) is 10.1 Å². The fourth-order valence-corrected chi connectivity index (χ4v) is 3.61. The number of amides is 1. The molecular weight excluding hydrogens is 342 g/mol. The third-order valence-electron chi connectivity index (χ3n) is 3.51. The summed E-state index contributed by atoms with van der Waals surface area (Å²) in [5, 5.41) is 0. The van der Waals surface area contributed by atoms with E-state index < -0.39 is 0 Å². The molecule has 1 fully saturated rings. The van der Waals surface area contributed by atoms with Crippen molar-refractivity contribution in [3.8, 4) is 0 Å². The first-order valence-electron chi connectivity index (χ1n) is 7.20. The van der Waals surface area contributed by atoms with E-state index in [0.717, 1.165) is 11.0 Å². The van der Waals surface area contributed by atoms with E-state index in [9.17, 15) is 4.79 Å². The van der Waals surface area contributed by atoms with Gasteiger partial charge in [-0.1, -0.05) is 36.1 Å². The fraction of sp³-hybridized carbons (Fsp3) is 0.0588. The Morgan fingerprint density at radius 2 is 2.04 bits per heavy atom. The van der Waals surface area contributed by atoms with Gasteiger partial charge < -0.3 is 4.42 Å². The maximum atomic E-state index is 12.6. The Balaban J connectivity index is 1.62. The Morgan fingerprint density at radius 1 is 1.21 bits per heavy atom. The largest absolute Gasteiger partial charge is 0.467 e. The average Bonchev–Trinajstić information content (AvgIpc) is 3.19. The monoisotopic (exact) mass is 353 g/mol. The summed E-state index contributed by atoms with van der Waals surface area (Å²) in [6.45, 7) is 0.332. The van der Waals surface area contributed by atoms with Crippen molar-refractivity contribution in [3.63, 3.8) is 0 Å². The molecule has 4 rings (SSSR count). The molecule has 3 aromatic rings. The van der Waals surface area contributed by atoms with Crippen LogP contribution in [0.25, 0.3) is 17.1 Å². The third-order valence-corrected chi connectivity index (χ3v) is 4.89. The molecule has 3 heterocycles. The van der Waals surface area contributed by atoms with Gasteiger partial charge in [0.15, 0.2) is 0 Å². The number of thiocarbonyl (C=S) groups is 1. The van der Waals surface area contributed by atoms with Crippen molar-refractivity contribution in [2.45, 2.75) is 6.54 Å². The van der Waals surface area contributed by atoms with Crippen LogP contribution >= 0.6 is 24.0 Å². The first kappa shape index (κ1) is 15.0. The molecular formula is C17H11N3O2S2. The normalized spacial score (nSPS) is 16.5. The standard InChI is InChI=1S/C17H11N3O2S2/c21-16-15(24-17(23)20(16)10-12-4-3-7-22-12)8-11-9-18-13-5-1-2-6-14(13)19-11/h1-9H,10H2/b15-8-. The number of rotatable bonds is 3. The van der Waals surface area contributed by atoms with Crippen molar-refractivity contribution in [2.75, 3.05) is 0 Å². The molecule has 0 atom stereocenters. The SMILES string of the molecule is O=C1/C(=C/c2cnc3ccccc3n2)SC(=S)N1Cc1ccco1. The number of nitrogens with zero attached hydrogens (tertiary/aromatic N) is 3. The summed E-state index contributed by atoms with van der Waals surface area (Å²) in [6.07, 6.45) is 4.95. The lowest BCUT2D eigenvalue weighted by atomic mass is 10.3. The Labute approximate surface area is 147 Å². The highest BCUT2D eigenvalue weighted by atomic mass is 32.2. The van der Waals surface area contributed by atoms with E-state index in [1.54, 1.807) is 24.6 Å². The maximum Gasteiger partial charge on any atom is 0.266 e. The molecule has 0 N–H and O–H groups in total. The van der Waals surface area contributed by atoms with Crippen molar-refractivity contribution >= 4 is 51.3 Å². The third kappa shape index (κ3) is 2.83. The first-order chi connectivity index (χ1) is 11.7. The molecule has 1 aliphatic heterocycles. The van der Waals surface area contributed by atoms with Crippen molar-refractivity contribution in [1.82, 2.24) is 14.9 Å². The minimum atomic E-state index is -0.142. The predicted octanol–water partition coefficient (Wildman–Crippen LogP) is 3.62. The number of furan rings is 1. The van der Waals surface area contributed by atoms with Crippen LogP contribution in [0.4, 0.5) is 0 Å². The highest BCUT2D eigenvalue weighted by molar-refractivity contribution is 8.26. The van der Waals surface area contributed by atoms with Gasteiger partial charge >= 0.3 is 0 Å². The summed E-state index contributed by atoms with van der Waals surface area (Å²) in [4.78, 5) is 23.5. The number of hydrogen-bond acceptors (Lipinski definition) is 6. The molecule has 1 aromatic carbocycles. The number of hydrogen-bond donors (Lipinski definition) is 0. The topological polar surface area (TPSA) is 59.2 Å². The number of aromatic nitrogens is 2. The molecule has 7 heteroatoms. The molecule has 0 bridgehead atoms. The van der Waals surface area contributed by atoms with Gasteiger partial charge in [0.05, 0.1) is 40.6 Å². The molecule has 0 spiro atoms. The average molecular weight is 353 g/mol. The van der Waals surface area contributed by atoms with E-state index in [0.29, 0.717) is 27.2 Å². The fourth-order valence-electron chi connectivity index (χ4n) is 2.37. The zero-order chi connectivity index (χ0) is 16.5. The Kier molecular flexibility index (Phi) is 3.87. The van der Waals surface area contributed by atoms with Crippen molar-refractivity contribution < 1.29 is 9.21 Å². The molecule has 0 saturated carbocycles. The maximum absolute atomic E-state index is 12.6. The Hall–Kier alpha value is -2.51. The van der Waals surface area contributed by atoms with Crippen LogP contribution in [-0.2, 0) is 11.3 Å². The van der Waals surface area contributed by atoms with E-state index in [1.807, 2.05) is 30.3 Å². The molecule has 1 saturated heterocycles.